The number of carboxylic acid groups (broad SMARTS) is 1. The highest BCUT2D eigenvalue weighted by Crippen LogP contribution is 2.16. The number of carboxylic acids is 1. The van der Waals surface area contributed by atoms with E-state index in [0.29, 0.717) is 19.4 Å². The lowest BCUT2D eigenvalue weighted by Gasteiger charge is -2.22. The predicted octanol–water partition coefficient (Wildman–Crippen LogP) is 0.0808. The maximum atomic E-state index is 13.3. The Balaban J connectivity index is 2.29. The molecule has 1 fully saturated rings. The quantitative estimate of drug-likeness (QED) is 0.728. The van der Waals surface area contributed by atoms with Gasteiger partial charge >= 0.3 is 5.97 Å². The lowest BCUT2D eigenvalue weighted by Crippen LogP contribution is -2.50. The Bertz CT molecular complexity index is 689. The normalized spacial score (nSPS) is 19.1. The second kappa shape index (κ2) is 5.78. The molecule has 1 heterocycles. The molecular formula is C12H13FN2O5S. The average Bonchev–Trinajstić information content (AvgIpc) is 2.41. The molecule has 0 aliphatic carbocycles. The van der Waals surface area contributed by atoms with E-state index in [1.54, 1.807) is 0 Å². The van der Waals surface area contributed by atoms with Crippen molar-refractivity contribution in [1.82, 2.24) is 10.0 Å². The van der Waals surface area contributed by atoms with Crippen LogP contribution in [0.1, 0.15) is 23.2 Å². The van der Waals surface area contributed by atoms with Gasteiger partial charge in [-0.3, -0.25) is 4.79 Å². The Morgan fingerprint density at radius 1 is 1.43 bits per heavy atom. The van der Waals surface area contributed by atoms with Crippen molar-refractivity contribution in [3.05, 3.63) is 29.6 Å². The Labute approximate surface area is 120 Å². The number of aromatic carboxylic acids is 1. The van der Waals surface area contributed by atoms with E-state index in [2.05, 4.69) is 10.0 Å². The first-order valence-corrected chi connectivity index (χ1v) is 7.62. The summed E-state index contributed by atoms with van der Waals surface area (Å²) >= 11 is 0. The van der Waals surface area contributed by atoms with E-state index >= 15 is 0 Å². The first-order valence-electron chi connectivity index (χ1n) is 6.14. The molecule has 1 saturated heterocycles. The number of carbonyl (C=O) groups excluding carboxylic acids is 1. The van der Waals surface area contributed by atoms with Gasteiger partial charge in [0, 0.05) is 6.54 Å². The van der Waals surface area contributed by atoms with E-state index in [-0.39, 0.29) is 0 Å². The van der Waals surface area contributed by atoms with Gasteiger partial charge in [0.1, 0.15) is 11.9 Å². The van der Waals surface area contributed by atoms with Crippen molar-refractivity contribution in [1.29, 1.82) is 0 Å². The highest BCUT2D eigenvalue weighted by atomic mass is 32.2. The molecule has 1 aromatic rings. The summed E-state index contributed by atoms with van der Waals surface area (Å²) in [6, 6.07) is 1.52. The van der Waals surface area contributed by atoms with E-state index in [9.17, 15) is 22.4 Å². The molecule has 7 nitrogen and oxygen atoms in total. The van der Waals surface area contributed by atoms with Crippen molar-refractivity contribution in [3.63, 3.8) is 0 Å². The summed E-state index contributed by atoms with van der Waals surface area (Å²) < 4.78 is 39.7. The lowest BCUT2D eigenvalue weighted by molar-refractivity contribution is -0.124. The largest absolute Gasteiger partial charge is 0.478 e. The SMILES string of the molecule is O=C(O)c1cc(S(=O)(=O)NC2CCCNC2=O)ccc1F. The summed E-state index contributed by atoms with van der Waals surface area (Å²) in [5.74, 6) is -3.04. The number of hydrogen-bond donors (Lipinski definition) is 3. The standard InChI is InChI=1S/C12H13FN2O5S/c13-9-4-3-7(6-8(9)12(17)18)21(19,20)15-10-2-1-5-14-11(10)16/h3-4,6,10,15H,1-2,5H2,(H,14,16)(H,17,18). The molecule has 2 rings (SSSR count). The number of piperidine rings is 1. The minimum atomic E-state index is -4.11. The maximum Gasteiger partial charge on any atom is 0.338 e. The van der Waals surface area contributed by atoms with Crippen LogP contribution in [0.25, 0.3) is 0 Å². The fraction of sp³-hybridized carbons (Fsp3) is 0.333. The minimum absolute atomic E-state index is 0.345. The number of nitrogens with one attached hydrogen (secondary N) is 2. The molecule has 114 valence electrons. The van der Waals surface area contributed by atoms with Crippen LogP contribution in [0.15, 0.2) is 23.1 Å². The Morgan fingerprint density at radius 2 is 2.14 bits per heavy atom. The summed E-state index contributed by atoms with van der Waals surface area (Å²) in [5, 5.41) is 11.3. The van der Waals surface area contributed by atoms with Crippen LogP contribution in [0.3, 0.4) is 0 Å². The number of amides is 1. The second-order valence-electron chi connectivity index (χ2n) is 4.55. The highest BCUT2D eigenvalue weighted by Gasteiger charge is 2.28. The van der Waals surface area contributed by atoms with Crippen LogP contribution in [-0.4, -0.2) is 38.0 Å². The van der Waals surface area contributed by atoms with Crippen LogP contribution in [0.5, 0.6) is 0 Å². The smallest absolute Gasteiger partial charge is 0.338 e. The van der Waals surface area contributed by atoms with Gasteiger partial charge in [0.25, 0.3) is 0 Å². The van der Waals surface area contributed by atoms with Gasteiger partial charge in [-0.05, 0) is 31.0 Å². The highest BCUT2D eigenvalue weighted by molar-refractivity contribution is 7.89. The molecule has 3 N–H and O–H groups in total. The van der Waals surface area contributed by atoms with Gasteiger partial charge in [-0.2, -0.15) is 4.72 Å². The Morgan fingerprint density at radius 3 is 2.76 bits per heavy atom. The van der Waals surface area contributed by atoms with Gasteiger partial charge in [-0.1, -0.05) is 0 Å². The third kappa shape index (κ3) is 3.37. The molecule has 1 unspecified atom stereocenters. The molecule has 1 atom stereocenters. The fourth-order valence-electron chi connectivity index (χ4n) is 1.98. The first-order chi connectivity index (χ1) is 9.81. The Kier molecular flexibility index (Phi) is 4.24. The number of carbonyl (C=O) groups is 2. The van der Waals surface area contributed by atoms with Crippen molar-refractivity contribution < 1.29 is 27.5 Å². The summed E-state index contributed by atoms with van der Waals surface area (Å²) in [6.07, 6.45) is 0.973. The van der Waals surface area contributed by atoms with Crippen molar-refractivity contribution in [2.75, 3.05) is 6.54 Å². The fourth-order valence-corrected chi connectivity index (χ4v) is 3.23. The van der Waals surface area contributed by atoms with Crippen LogP contribution in [0.4, 0.5) is 4.39 Å². The first kappa shape index (κ1) is 15.4. The zero-order valence-electron chi connectivity index (χ0n) is 10.8. The number of halogens is 1. The molecule has 0 aromatic heterocycles. The van der Waals surface area contributed by atoms with Gasteiger partial charge < -0.3 is 10.4 Å². The minimum Gasteiger partial charge on any atom is -0.478 e. The zero-order chi connectivity index (χ0) is 15.6. The third-order valence-electron chi connectivity index (χ3n) is 3.06. The maximum absolute atomic E-state index is 13.3. The van der Waals surface area contributed by atoms with Gasteiger partial charge in [0.05, 0.1) is 10.5 Å². The van der Waals surface area contributed by atoms with Crippen LogP contribution >= 0.6 is 0 Å². The number of sulfonamides is 1. The molecule has 0 spiro atoms. The molecule has 1 aliphatic rings. The van der Waals surface area contributed by atoms with Crippen molar-refractivity contribution in [2.24, 2.45) is 0 Å². The summed E-state index contributed by atoms with van der Waals surface area (Å²) in [5.41, 5.74) is -0.744. The lowest BCUT2D eigenvalue weighted by atomic mass is 10.1. The molecule has 0 radical (unpaired) electrons. The molecule has 1 amide bonds. The average molecular weight is 316 g/mol. The molecule has 21 heavy (non-hydrogen) atoms. The monoisotopic (exact) mass is 316 g/mol. The molecule has 1 aliphatic heterocycles. The van der Waals surface area contributed by atoms with Crippen LogP contribution in [0, 0.1) is 5.82 Å². The van der Waals surface area contributed by atoms with Gasteiger partial charge in [-0.15, -0.1) is 0 Å². The number of benzene rings is 1. The number of rotatable bonds is 4. The van der Waals surface area contributed by atoms with E-state index in [1.165, 1.54) is 0 Å². The van der Waals surface area contributed by atoms with Crippen molar-refractivity contribution in [2.45, 2.75) is 23.8 Å². The summed E-state index contributed by atoms with van der Waals surface area (Å²) in [6.45, 7) is 0.483. The van der Waals surface area contributed by atoms with E-state index in [0.717, 1.165) is 18.2 Å². The molecule has 1 aromatic carbocycles. The van der Waals surface area contributed by atoms with E-state index in [1.807, 2.05) is 0 Å². The predicted molar refractivity (Wildman–Crippen MR) is 69.7 cm³/mol. The van der Waals surface area contributed by atoms with E-state index in [4.69, 9.17) is 5.11 Å². The second-order valence-corrected chi connectivity index (χ2v) is 6.27. The van der Waals surface area contributed by atoms with Gasteiger partial charge in [0.15, 0.2) is 0 Å². The van der Waals surface area contributed by atoms with Crippen LogP contribution in [-0.2, 0) is 14.8 Å². The van der Waals surface area contributed by atoms with E-state index < -0.39 is 44.2 Å². The summed E-state index contributed by atoms with van der Waals surface area (Å²) in [4.78, 5) is 22.0. The summed E-state index contributed by atoms with van der Waals surface area (Å²) in [7, 11) is -4.11. The number of hydrogen-bond acceptors (Lipinski definition) is 4. The van der Waals surface area contributed by atoms with Crippen molar-refractivity contribution in [3.8, 4) is 0 Å². The Hall–Kier alpha value is -2.00. The van der Waals surface area contributed by atoms with Crippen molar-refractivity contribution >= 4 is 21.9 Å². The topological polar surface area (TPSA) is 113 Å². The van der Waals surface area contributed by atoms with Gasteiger partial charge in [-0.25, -0.2) is 17.6 Å². The van der Waals surface area contributed by atoms with Crippen LogP contribution in [0.2, 0.25) is 0 Å². The third-order valence-corrected chi connectivity index (χ3v) is 4.53. The zero-order valence-corrected chi connectivity index (χ0v) is 11.6. The van der Waals surface area contributed by atoms with Crippen LogP contribution < -0.4 is 10.0 Å². The molecule has 0 saturated carbocycles. The van der Waals surface area contributed by atoms with Gasteiger partial charge in [0.2, 0.25) is 15.9 Å². The molecule has 9 heteroatoms. The molecule has 0 bridgehead atoms. The molecular weight excluding hydrogens is 303 g/mol.